The van der Waals surface area contributed by atoms with Gasteiger partial charge in [-0.15, -0.1) is 11.3 Å². The summed E-state index contributed by atoms with van der Waals surface area (Å²) >= 11 is 1.16. The van der Waals surface area contributed by atoms with Crippen LogP contribution in [0.4, 0.5) is 11.4 Å². The fourth-order valence-electron chi connectivity index (χ4n) is 1.64. The molecule has 2 rings (SSSR count). The second kappa shape index (κ2) is 4.18. The topological polar surface area (TPSA) is 108 Å². The van der Waals surface area contributed by atoms with Crippen LogP contribution in [0.2, 0.25) is 0 Å². The average molecular weight is 269 g/mol. The molecule has 0 spiro atoms. The molecule has 9 heteroatoms. The molecule has 0 amide bonds. The van der Waals surface area contributed by atoms with Gasteiger partial charge in [-0.1, -0.05) is 0 Å². The summed E-state index contributed by atoms with van der Waals surface area (Å²) in [6, 6.07) is 1.24. The largest absolute Gasteiger partial charge is 0.485 e. The Morgan fingerprint density at radius 1 is 1.33 bits per heavy atom. The Morgan fingerprint density at radius 3 is 2.50 bits per heavy atom. The third-order valence-electron chi connectivity index (χ3n) is 2.28. The number of rotatable bonds is 3. The zero-order valence-electron chi connectivity index (χ0n) is 9.37. The molecule has 0 aliphatic rings. The number of benzene rings is 1. The van der Waals surface area contributed by atoms with Crippen LogP contribution in [-0.2, 0) is 0 Å². The molecule has 94 valence electrons. The summed E-state index contributed by atoms with van der Waals surface area (Å²) in [5.41, 5.74) is -0.781. The van der Waals surface area contributed by atoms with E-state index in [1.807, 2.05) is 0 Å². The standard InChI is InChI=1S/C9H7N3O5S/c1-4-10-7-6(18-4)3-5(11(13)14)9(17-2)8(7)12(15)16/h3H,1-2H3. The van der Waals surface area contributed by atoms with Crippen LogP contribution in [0.25, 0.3) is 10.2 Å². The second-order valence-electron chi connectivity index (χ2n) is 3.37. The molecule has 0 aliphatic heterocycles. The molecule has 0 atom stereocenters. The van der Waals surface area contributed by atoms with Gasteiger partial charge in [-0.25, -0.2) is 4.98 Å². The van der Waals surface area contributed by atoms with E-state index in [0.717, 1.165) is 18.4 Å². The van der Waals surface area contributed by atoms with Gasteiger partial charge in [0.15, 0.2) is 5.52 Å². The number of aromatic nitrogens is 1. The lowest BCUT2D eigenvalue weighted by Gasteiger charge is -2.02. The van der Waals surface area contributed by atoms with Gasteiger partial charge in [0.1, 0.15) is 0 Å². The first-order chi connectivity index (χ1) is 8.45. The van der Waals surface area contributed by atoms with Crippen molar-refractivity contribution in [1.29, 1.82) is 0 Å². The molecular weight excluding hydrogens is 262 g/mol. The molecule has 0 saturated heterocycles. The third kappa shape index (κ3) is 1.74. The molecule has 0 fully saturated rings. The average Bonchev–Trinajstić information content (AvgIpc) is 2.65. The minimum atomic E-state index is -0.715. The van der Waals surface area contributed by atoms with Crippen molar-refractivity contribution in [3.05, 3.63) is 31.3 Å². The highest BCUT2D eigenvalue weighted by Crippen LogP contribution is 2.43. The van der Waals surface area contributed by atoms with Gasteiger partial charge in [0.25, 0.3) is 5.75 Å². The summed E-state index contributed by atoms with van der Waals surface area (Å²) in [6.07, 6.45) is 0. The molecule has 0 N–H and O–H groups in total. The van der Waals surface area contributed by atoms with Crippen molar-refractivity contribution in [2.75, 3.05) is 7.11 Å². The van der Waals surface area contributed by atoms with Crippen molar-refractivity contribution in [3.8, 4) is 5.75 Å². The summed E-state index contributed by atoms with van der Waals surface area (Å²) in [4.78, 5) is 24.5. The maximum atomic E-state index is 11.0. The van der Waals surface area contributed by atoms with E-state index < -0.39 is 21.2 Å². The fraction of sp³-hybridized carbons (Fsp3) is 0.222. The van der Waals surface area contributed by atoms with Gasteiger partial charge in [0.05, 0.1) is 26.7 Å². The number of hydrogen-bond acceptors (Lipinski definition) is 7. The monoisotopic (exact) mass is 269 g/mol. The highest BCUT2D eigenvalue weighted by molar-refractivity contribution is 7.18. The van der Waals surface area contributed by atoms with E-state index in [0.29, 0.717) is 9.71 Å². The van der Waals surface area contributed by atoms with Crippen LogP contribution in [0.15, 0.2) is 6.07 Å². The number of hydrogen-bond donors (Lipinski definition) is 0. The van der Waals surface area contributed by atoms with Crippen molar-refractivity contribution in [2.45, 2.75) is 6.92 Å². The van der Waals surface area contributed by atoms with E-state index in [1.54, 1.807) is 6.92 Å². The zero-order valence-corrected chi connectivity index (χ0v) is 10.2. The van der Waals surface area contributed by atoms with Crippen molar-refractivity contribution in [3.63, 3.8) is 0 Å². The number of nitrogens with zero attached hydrogens (tertiary/aromatic N) is 3. The number of methoxy groups -OCH3 is 1. The maximum absolute atomic E-state index is 11.0. The van der Waals surface area contributed by atoms with E-state index >= 15 is 0 Å². The van der Waals surface area contributed by atoms with Crippen LogP contribution in [0, 0.1) is 27.2 Å². The first kappa shape index (κ1) is 12.2. The summed E-state index contributed by atoms with van der Waals surface area (Å²) in [5, 5.41) is 22.5. The van der Waals surface area contributed by atoms with Gasteiger partial charge >= 0.3 is 11.4 Å². The Kier molecular flexibility index (Phi) is 2.83. The predicted octanol–water partition coefficient (Wildman–Crippen LogP) is 2.43. The van der Waals surface area contributed by atoms with Gasteiger partial charge in [-0.2, -0.15) is 0 Å². The molecule has 0 bridgehead atoms. The van der Waals surface area contributed by atoms with Crippen LogP contribution in [0.5, 0.6) is 5.75 Å². The van der Waals surface area contributed by atoms with Crippen LogP contribution in [-0.4, -0.2) is 21.9 Å². The van der Waals surface area contributed by atoms with Gasteiger partial charge in [-0.3, -0.25) is 20.2 Å². The Labute approximate surface area is 104 Å². The smallest absolute Gasteiger partial charge is 0.345 e. The first-order valence-electron chi connectivity index (χ1n) is 4.72. The molecule has 0 saturated carbocycles. The van der Waals surface area contributed by atoms with Crippen LogP contribution < -0.4 is 4.74 Å². The highest BCUT2D eigenvalue weighted by Gasteiger charge is 2.31. The number of thiazole rings is 1. The van der Waals surface area contributed by atoms with Gasteiger partial charge in [0, 0.05) is 6.07 Å². The minimum absolute atomic E-state index is 0.116. The van der Waals surface area contributed by atoms with Crippen LogP contribution >= 0.6 is 11.3 Å². The molecule has 8 nitrogen and oxygen atoms in total. The summed E-state index contributed by atoms with van der Waals surface area (Å²) in [5.74, 6) is -0.372. The van der Waals surface area contributed by atoms with Crippen molar-refractivity contribution < 1.29 is 14.6 Å². The Balaban J connectivity index is 2.95. The van der Waals surface area contributed by atoms with Gasteiger partial charge in [-0.05, 0) is 6.92 Å². The normalized spacial score (nSPS) is 10.6. The fourth-order valence-corrected chi connectivity index (χ4v) is 2.50. The summed E-state index contributed by atoms with van der Waals surface area (Å²) in [6.45, 7) is 1.67. The van der Waals surface area contributed by atoms with E-state index in [4.69, 9.17) is 4.74 Å². The van der Waals surface area contributed by atoms with E-state index in [1.165, 1.54) is 6.07 Å². The molecule has 0 radical (unpaired) electrons. The molecule has 1 aromatic carbocycles. The lowest BCUT2D eigenvalue weighted by molar-refractivity contribution is -0.394. The molecule has 2 aromatic rings. The van der Waals surface area contributed by atoms with Gasteiger partial charge in [0.2, 0.25) is 0 Å². The second-order valence-corrected chi connectivity index (χ2v) is 4.61. The Morgan fingerprint density at radius 2 is 2.00 bits per heavy atom. The number of ether oxygens (including phenoxy) is 1. The highest BCUT2D eigenvalue weighted by atomic mass is 32.1. The lowest BCUT2D eigenvalue weighted by Crippen LogP contribution is -1.99. The summed E-state index contributed by atoms with van der Waals surface area (Å²) < 4.78 is 5.19. The van der Waals surface area contributed by atoms with E-state index in [9.17, 15) is 20.2 Å². The Bertz CT molecular complexity index is 666. The Hall–Kier alpha value is -2.29. The number of nitro benzene ring substituents is 2. The zero-order chi connectivity index (χ0) is 13.4. The van der Waals surface area contributed by atoms with Gasteiger partial charge < -0.3 is 4.74 Å². The van der Waals surface area contributed by atoms with Crippen molar-refractivity contribution >= 4 is 32.9 Å². The van der Waals surface area contributed by atoms with E-state index in [-0.39, 0.29) is 11.3 Å². The van der Waals surface area contributed by atoms with Crippen molar-refractivity contribution in [2.24, 2.45) is 0 Å². The maximum Gasteiger partial charge on any atom is 0.345 e. The predicted molar refractivity (Wildman–Crippen MR) is 64.2 cm³/mol. The number of fused-ring (bicyclic) bond motifs is 1. The molecule has 0 aliphatic carbocycles. The summed E-state index contributed by atoms with van der Waals surface area (Å²) in [7, 11) is 1.15. The molecule has 18 heavy (non-hydrogen) atoms. The van der Waals surface area contributed by atoms with Crippen LogP contribution in [0.3, 0.4) is 0 Å². The SMILES string of the molecule is COc1c([N+](=O)[O-])cc2sc(C)nc2c1[N+](=O)[O-]. The number of aryl methyl sites for hydroxylation is 1. The van der Waals surface area contributed by atoms with E-state index in [2.05, 4.69) is 4.98 Å². The molecule has 1 heterocycles. The van der Waals surface area contributed by atoms with Crippen molar-refractivity contribution in [1.82, 2.24) is 4.98 Å². The first-order valence-corrected chi connectivity index (χ1v) is 5.54. The lowest BCUT2D eigenvalue weighted by atomic mass is 10.2. The molecule has 1 aromatic heterocycles. The number of nitro groups is 2. The third-order valence-corrected chi connectivity index (χ3v) is 3.20. The van der Waals surface area contributed by atoms with Crippen LogP contribution in [0.1, 0.15) is 5.01 Å². The molecular formula is C9H7N3O5S. The minimum Gasteiger partial charge on any atom is -0.485 e. The molecule has 0 unspecified atom stereocenters. The quantitative estimate of drug-likeness (QED) is 0.625.